The Labute approximate surface area is 163 Å². The number of carbonyl (C=O) groups is 1. The zero-order chi connectivity index (χ0) is 15.9. The van der Waals surface area contributed by atoms with Crippen molar-refractivity contribution in [2.75, 3.05) is 44.2 Å². The van der Waals surface area contributed by atoms with Gasteiger partial charge in [-0.15, -0.1) is 24.8 Å². The van der Waals surface area contributed by atoms with Crippen molar-refractivity contribution in [3.63, 3.8) is 0 Å². The Morgan fingerprint density at radius 1 is 1.12 bits per heavy atom. The van der Waals surface area contributed by atoms with Gasteiger partial charge < -0.3 is 15.1 Å². The van der Waals surface area contributed by atoms with Crippen LogP contribution in [-0.4, -0.2) is 50.1 Å². The molecule has 2 heterocycles. The molecule has 1 saturated carbocycles. The van der Waals surface area contributed by atoms with Gasteiger partial charge in [0, 0.05) is 37.8 Å². The van der Waals surface area contributed by atoms with Crippen LogP contribution < -0.4 is 10.2 Å². The molecule has 3 aliphatic rings. The fourth-order valence-corrected chi connectivity index (χ4v) is 4.40. The number of hydrogen-bond donors (Lipinski definition) is 1. The van der Waals surface area contributed by atoms with E-state index in [1.165, 1.54) is 24.1 Å². The number of piperazine rings is 1. The first-order valence-electron chi connectivity index (χ1n) is 8.99. The molecule has 0 radical (unpaired) electrons. The molecule has 6 heteroatoms. The van der Waals surface area contributed by atoms with Gasteiger partial charge in [-0.2, -0.15) is 0 Å². The molecule has 1 amide bonds. The lowest BCUT2D eigenvalue weighted by Crippen LogP contribution is -2.49. The number of rotatable bonds is 2. The third-order valence-corrected chi connectivity index (χ3v) is 6.05. The molecule has 4 nitrogen and oxygen atoms in total. The fourth-order valence-electron chi connectivity index (χ4n) is 4.40. The molecule has 0 aromatic heterocycles. The quantitative estimate of drug-likeness (QED) is 0.849. The number of piperidine rings is 1. The van der Waals surface area contributed by atoms with E-state index in [1.54, 1.807) is 0 Å². The maximum atomic E-state index is 12.8. The molecule has 4 rings (SSSR count). The zero-order valence-corrected chi connectivity index (χ0v) is 16.5. The summed E-state index contributed by atoms with van der Waals surface area (Å²) >= 11 is 0. The van der Waals surface area contributed by atoms with Crippen LogP contribution in [0.15, 0.2) is 24.3 Å². The summed E-state index contributed by atoms with van der Waals surface area (Å²) in [6, 6.07) is 8.67. The summed E-state index contributed by atoms with van der Waals surface area (Å²) in [7, 11) is 0. The van der Waals surface area contributed by atoms with Gasteiger partial charge in [-0.1, -0.05) is 12.1 Å². The van der Waals surface area contributed by atoms with Crippen molar-refractivity contribution in [3.8, 4) is 0 Å². The Bertz CT molecular complexity index is 596. The van der Waals surface area contributed by atoms with Crippen LogP contribution >= 0.6 is 24.8 Å². The third kappa shape index (κ3) is 4.07. The number of aryl methyl sites for hydroxylation is 1. The van der Waals surface area contributed by atoms with E-state index >= 15 is 0 Å². The van der Waals surface area contributed by atoms with Gasteiger partial charge in [0.2, 0.25) is 5.91 Å². The number of amides is 1. The fraction of sp³-hybridized carbons (Fsp3) is 0.632. The molecular formula is C19H29Cl2N3O. The largest absolute Gasteiger partial charge is 0.368 e. The highest BCUT2D eigenvalue weighted by atomic mass is 35.5. The van der Waals surface area contributed by atoms with Gasteiger partial charge in [-0.25, -0.2) is 0 Å². The smallest absolute Gasteiger partial charge is 0.226 e. The molecule has 25 heavy (non-hydrogen) atoms. The number of hydrogen-bond acceptors (Lipinski definition) is 3. The lowest BCUT2D eigenvalue weighted by Gasteiger charge is -2.37. The summed E-state index contributed by atoms with van der Waals surface area (Å²) in [5.41, 5.74) is 2.95. The second-order valence-electron chi connectivity index (χ2n) is 7.52. The summed E-state index contributed by atoms with van der Waals surface area (Å²) in [6.07, 6.45) is 3.50. The minimum atomic E-state index is 0. The maximum Gasteiger partial charge on any atom is 0.226 e. The van der Waals surface area contributed by atoms with Crippen LogP contribution in [0.25, 0.3) is 0 Å². The summed E-state index contributed by atoms with van der Waals surface area (Å²) in [4.78, 5) is 17.3. The topological polar surface area (TPSA) is 35.6 Å². The molecule has 1 aliphatic carbocycles. The second-order valence-corrected chi connectivity index (χ2v) is 7.52. The number of anilines is 1. The van der Waals surface area contributed by atoms with Crippen LogP contribution in [-0.2, 0) is 4.79 Å². The highest BCUT2D eigenvalue weighted by Gasteiger charge is 2.58. The molecule has 1 aromatic carbocycles. The van der Waals surface area contributed by atoms with E-state index in [1.807, 2.05) is 0 Å². The van der Waals surface area contributed by atoms with Crippen LogP contribution in [0.1, 0.15) is 24.8 Å². The van der Waals surface area contributed by atoms with Crippen LogP contribution in [0.4, 0.5) is 5.69 Å². The summed E-state index contributed by atoms with van der Waals surface area (Å²) in [6.45, 7) is 7.97. The van der Waals surface area contributed by atoms with Gasteiger partial charge in [-0.05, 0) is 62.4 Å². The molecule has 1 N–H and O–H groups in total. The molecule has 2 saturated heterocycles. The van der Waals surface area contributed by atoms with Gasteiger partial charge in [0.25, 0.3) is 0 Å². The monoisotopic (exact) mass is 385 g/mol. The Kier molecular flexibility index (Phi) is 6.63. The summed E-state index contributed by atoms with van der Waals surface area (Å²) in [5, 5.41) is 3.42. The van der Waals surface area contributed by atoms with Gasteiger partial charge in [0.15, 0.2) is 0 Å². The molecule has 1 unspecified atom stereocenters. The molecule has 140 valence electrons. The molecule has 1 atom stereocenters. The van der Waals surface area contributed by atoms with Gasteiger partial charge >= 0.3 is 0 Å². The van der Waals surface area contributed by atoms with E-state index in [9.17, 15) is 4.79 Å². The van der Waals surface area contributed by atoms with E-state index in [0.717, 1.165) is 45.7 Å². The van der Waals surface area contributed by atoms with Crippen molar-refractivity contribution in [2.24, 2.45) is 11.3 Å². The maximum absolute atomic E-state index is 12.8. The first kappa shape index (κ1) is 20.3. The molecule has 0 bridgehead atoms. The highest BCUT2D eigenvalue weighted by Crippen LogP contribution is 2.59. The van der Waals surface area contributed by atoms with Gasteiger partial charge in [0.05, 0.1) is 0 Å². The number of benzene rings is 1. The first-order valence-corrected chi connectivity index (χ1v) is 8.99. The molecule has 1 spiro atoms. The van der Waals surface area contributed by atoms with E-state index in [4.69, 9.17) is 0 Å². The number of nitrogens with one attached hydrogen (secondary N) is 1. The number of halogens is 2. The standard InChI is InChI=1S/C19H27N3O.2ClH/c1-15-3-2-4-16(13-15)21-9-11-22(12-10-21)18(23)17-14-19(17)5-7-20-8-6-19;;/h2-4,13,17,20H,5-12,14H2,1H3;2*1H. The van der Waals surface area contributed by atoms with Crippen molar-refractivity contribution in [1.29, 1.82) is 0 Å². The molecule has 1 aromatic rings. The molecule has 3 fully saturated rings. The molecular weight excluding hydrogens is 357 g/mol. The van der Waals surface area contributed by atoms with Gasteiger partial charge in [0.1, 0.15) is 0 Å². The van der Waals surface area contributed by atoms with Crippen molar-refractivity contribution < 1.29 is 4.79 Å². The van der Waals surface area contributed by atoms with Crippen molar-refractivity contribution in [1.82, 2.24) is 10.2 Å². The van der Waals surface area contributed by atoms with Gasteiger partial charge in [-0.3, -0.25) is 4.79 Å². The third-order valence-electron chi connectivity index (χ3n) is 6.05. The lowest BCUT2D eigenvalue weighted by molar-refractivity contribution is -0.133. The van der Waals surface area contributed by atoms with E-state index in [0.29, 0.717) is 17.2 Å². The van der Waals surface area contributed by atoms with E-state index < -0.39 is 0 Å². The minimum absolute atomic E-state index is 0. The van der Waals surface area contributed by atoms with E-state index in [2.05, 4.69) is 46.3 Å². The highest BCUT2D eigenvalue weighted by molar-refractivity contribution is 5.85. The zero-order valence-electron chi connectivity index (χ0n) is 14.9. The normalized spacial score (nSPS) is 24.3. The van der Waals surface area contributed by atoms with E-state index in [-0.39, 0.29) is 24.8 Å². The second kappa shape index (κ2) is 8.15. The predicted octanol–water partition coefficient (Wildman–Crippen LogP) is 2.88. The Hall–Kier alpha value is -0.970. The van der Waals surface area contributed by atoms with Crippen LogP contribution in [0.3, 0.4) is 0 Å². The molecule has 2 aliphatic heterocycles. The van der Waals surface area contributed by atoms with Crippen molar-refractivity contribution in [3.05, 3.63) is 29.8 Å². The SMILES string of the molecule is Cc1cccc(N2CCN(C(=O)C3CC34CCNCC4)CC2)c1.Cl.Cl. The Morgan fingerprint density at radius 2 is 1.80 bits per heavy atom. The van der Waals surface area contributed by atoms with Crippen LogP contribution in [0.2, 0.25) is 0 Å². The average molecular weight is 386 g/mol. The van der Waals surface area contributed by atoms with Crippen LogP contribution in [0, 0.1) is 18.3 Å². The van der Waals surface area contributed by atoms with Crippen molar-refractivity contribution >= 4 is 36.4 Å². The number of nitrogens with zero attached hydrogens (tertiary/aromatic N) is 2. The Morgan fingerprint density at radius 3 is 2.44 bits per heavy atom. The average Bonchev–Trinajstić information content (AvgIpc) is 3.28. The predicted molar refractivity (Wildman–Crippen MR) is 107 cm³/mol. The number of carbonyl (C=O) groups excluding carboxylic acids is 1. The minimum Gasteiger partial charge on any atom is -0.368 e. The summed E-state index contributed by atoms with van der Waals surface area (Å²) < 4.78 is 0. The van der Waals surface area contributed by atoms with Crippen LogP contribution in [0.5, 0.6) is 0 Å². The first-order chi connectivity index (χ1) is 11.2. The lowest BCUT2D eigenvalue weighted by atomic mass is 9.91. The summed E-state index contributed by atoms with van der Waals surface area (Å²) in [5.74, 6) is 0.742. The van der Waals surface area contributed by atoms with Crippen molar-refractivity contribution in [2.45, 2.75) is 26.2 Å². The Balaban J connectivity index is 0.00000113.